The van der Waals surface area contributed by atoms with E-state index in [4.69, 9.17) is 0 Å². The Morgan fingerprint density at radius 2 is 2.17 bits per heavy atom. The zero-order valence-corrected chi connectivity index (χ0v) is 11.9. The predicted octanol–water partition coefficient (Wildman–Crippen LogP) is 0.909. The number of hydrogen-bond acceptors (Lipinski definition) is 3. The minimum absolute atomic E-state index is 0.0432. The summed E-state index contributed by atoms with van der Waals surface area (Å²) in [4.78, 5) is 12.0. The van der Waals surface area contributed by atoms with Gasteiger partial charge in [0.2, 0.25) is 0 Å². The quantitative estimate of drug-likeness (QED) is 0.889. The summed E-state index contributed by atoms with van der Waals surface area (Å²) in [5.74, 6) is 0.660. The van der Waals surface area contributed by atoms with E-state index in [9.17, 15) is 13.2 Å². The monoisotopic (exact) mass is 272 g/mol. The number of aromatic amines is 1. The molecule has 6 heteroatoms. The maximum absolute atomic E-state index is 12.0. The Morgan fingerprint density at radius 1 is 1.50 bits per heavy atom. The molecule has 0 saturated carbocycles. The van der Waals surface area contributed by atoms with Crippen molar-refractivity contribution >= 4 is 9.84 Å². The molecule has 18 heavy (non-hydrogen) atoms. The van der Waals surface area contributed by atoms with Gasteiger partial charge < -0.3 is 0 Å². The van der Waals surface area contributed by atoms with Crippen LogP contribution in [0.5, 0.6) is 0 Å². The van der Waals surface area contributed by atoms with Gasteiger partial charge in [-0.1, -0.05) is 13.8 Å². The van der Waals surface area contributed by atoms with Gasteiger partial charge in [-0.25, -0.2) is 13.1 Å². The van der Waals surface area contributed by atoms with Crippen molar-refractivity contribution in [1.82, 2.24) is 9.78 Å². The van der Waals surface area contributed by atoms with E-state index >= 15 is 0 Å². The number of H-pyrrole nitrogens is 1. The van der Waals surface area contributed by atoms with E-state index in [1.165, 1.54) is 4.68 Å². The van der Waals surface area contributed by atoms with Crippen LogP contribution in [0.1, 0.15) is 32.9 Å². The Kier molecular flexibility index (Phi) is 3.17. The normalized spacial score (nSPS) is 26.9. The summed E-state index contributed by atoms with van der Waals surface area (Å²) in [6.45, 7) is 5.99. The van der Waals surface area contributed by atoms with Crippen molar-refractivity contribution in [2.75, 3.05) is 11.5 Å². The van der Waals surface area contributed by atoms with Gasteiger partial charge in [0.1, 0.15) is 0 Å². The van der Waals surface area contributed by atoms with E-state index in [1.54, 1.807) is 6.07 Å². The maximum atomic E-state index is 12.0. The lowest BCUT2D eigenvalue weighted by molar-refractivity contribution is 0.317. The van der Waals surface area contributed by atoms with E-state index in [2.05, 4.69) is 18.9 Å². The first kappa shape index (κ1) is 13.4. The molecule has 1 aromatic rings. The highest BCUT2D eigenvalue weighted by atomic mass is 32.2. The van der Waals surface area contributed by atoms with Gasteiger partial charge in [0.05, 0.1) is 17.0 Å². The molecule has 1 atom stereocenters. The van der Waals surface area contributed by atoms with Crippen LogP contribution in [0.25, 0.3) is 0 Å². The molecule has 0 amide bonds. The fraction of sp³-hybridized carbons (Fsp3) is 0.750. The van der Waals surface area contributed by atoms with Crippen LogP contribution < -0.4 is 5.56 Å². The average molecular weight is 272 g/mol. The molecule has 102 valence electrons. The third kappa shape index (κ3) is 2.53. The second-order valence-corrected chi connectivity index (χ2v) is 8.08. The van der Waals surface area contributed by atoms with E-state index in [1.807, 2.05) is 6.92 Å². The van der Waals surface area contributed by atoms with Crippen LogP contribution in [0, 0.1) is 5.92 Å². The first-order chi connectivity index (χ1) is 8.22. The smallest absolute Gasteiger partial charge is 0.267 e. The molecular weight excluding hydrogens is 252 g/mol. The van der Waals surface area contributed by atoms with Crippen LogP contribution in [0.4, 0.5) is 0 Å². The summed E-state index contributed by atoms with van der Waals surface area (Å²) in [7, 11) is -3.01. The van der Waals surface area contributed by atoms with Crippen LogP contribution in [0.2, 0.25) is 0 Å². The Balaban J connectivity index is 2.35. The molecule has 1 saturated heterocycles. The van der Waals surface area contributed by atoms with Gasteiger partial charge in [-0.05, 0) is 25.7 Å². The molecule has 1 N–H and O–H groups in total. The van der Waals surface area contributed by atoms with Crippen molar-refractivity contribution in [1.29, 1.82) is 0 Å². The first-order valence-corrected chi connectivity index (χ1v) is 8.06. The standard InChI is InChI=1S/C12H20N2O3S/c1-9(2)6-10-7-11(15)14(13-10)12(3)4-5-18(16,17)8-12/h7,9,13H,4-6,8H2,1-3H3. The number of rotatable bonds is 3. The molecule has 5 nitrogen and oxygen atoms in total. The Bertz CT molecular complexity index is 597. The van der Waals surface area contributed by atoms with Crippen LogP contribution in [-0.2, 0) is 21.8 Å². The fourth-order valence-electron chi connectivity index (χ4n) is 2.56. The minimum Gasteiger partial charge on any atom is -0.299 e. The van der Waals surface area contributed by atoms with Gasteiger partial charge in [0.15, 0.2) is 9.84 Å². The van der Waals surface area contributed by atoms with Crippen molar-refractivity contribution in [3.05, 3.63) is 22.1 Å². The SMILES string of the molecule is CC(C)Cc1cc(=O)n(C2(C)CCS(=O)(=O)C2)[nH]1. The molecule has 1 aliphatic rings. The van der Waals surface area contributed by atoms with Crippen LogP contribution in [0.3, 0.4) is 0 Å². The van der Waals surface area contributed by atoms with Crippen LogP contribution in [-0.4, -0.2) is 29.7 Å². The van der Waals surface area contributed by atoms with Crippen molar-refractivity contribution in [2.45, 2.75) is 39.2 Å². The van der Waals surface area contributed by atoms with Crippen molar-refractivity contribution in [3.8, 4) is 0 Å². The number of nitrogens with zero attached hydrogens (tertiary/aromatic N) is 1. The fourth-order valence-corrected chi connectivity index (χ4v) is 4.68. The van der Waals surface area contributed by atoms with E-state index in [-0.39, 0.29) is 17.1 Å². The van der Waals surface area contributed by atoms with Gasteiger partial charge in [-0.15, -0.1) is 0 Å². The second kappa shape index (κ2) is 4.26. The number of aromatic nitrogens is 2. The molecule has 2 heterocycles. The molecule has 0 bridgehead atoms. The zero-order chi connectivity index (χ0) is 13.6. The Labute approximate surface area is 107 Å². The molecule has 0 aromatic carbocycles. The Morgan fingerprint density at radius 3 is 2.67 bits per heavy atom. The molecule has 2 rings (SSSR count). The molecule has 0 radical (unpaired) electrons. The molecular formula is C12H20N2O3S. The highest BCUT2D eigenvalue weighted by molar-refractivity contribution is 7.91. The summed E-state index contributed by atoms with van der Waals surface area (Å²) < 4.78 is 24.7. The van der Waals surface area contributed by atoms with Gasteiger partial charge in [0, 0.05) is 11.8 Å². The van der Waals surface area contributed by atoms with Gasteiger partial charge in [-0.3, -0.25) is 9.89 Å². The maximum Gasteiger partial charge on any atom is 0.267 e. The summed E-state index contributed by atoms with van der Waals surface area (Å²) in [6, 6.07) is 1.58. The zero-order valence-electron chi connectivity index (χ0n) is 11.1. The summed E-state index contributed by atoms with van der Waals surface area (Å²) in [6.07, 6.45) is 1.29. The largest absolute Gasteiger partial charge is 0.299 e. The summed E-state index contributed by atoms with van der Waals surface area (Å²) in [5.41, 5.74) is 0.122. The van der Waals surface area contributed by atoms with E-state index in [0.717, 1.165) is 12.1 Å². The van der Waals surface area contributed by atoms with Crippen LogP contribution >= 0.6 is 0 Å². The highest BCUT2D eigenvalue weighted by Crippen LogP contribution is 2.28. The summed E-state index contributed by atoms with van der Waals surface area (Å²) in [5, 5.41) is 3.07. The van der Waals surface area contributed by atoms with Gasteiger partial charge >= 0.3 is 0 Å². The first-order valence-electron chi connectivity index (χ1n) is 6.24. The van der Waals surface area contributed by atoms with Crippen molar-refractivity contribution in [3.63, 3.8) is 0 Å². The van der Waals surface area contributed by atoms with Crippen molar-refractivity contribution in [2.24, 2.45) is 5.92 Å². The lowest BCUT2D eigenvalue weighted by atomic mass is 10.0. The van der Waals surface area contributed by atoms with Crippen LogP contribution in [0.15, 0.2) is 10.9 Å². The molecule has 0 aliphatic carbocycles. The molecule has 1 fully saturated rings. The predicted molar refractivity (Wildman–Crippen MR) is 70.5 cm³/mol. The lowest BCUT2D eigenvalue weighted by Crippen LogP contribution is -2.38. The Hall–Kier alpha value is -1.04. The molecule has 1 aliphatic heterocycles. The lowest BCUT2D eigenvalue weighted by Gasteiger charge is -2.23. The van der Waals surface area contributed by atoms with Gasteiger partial charge in [-0.2, -0.15) is 0 Å². The molecule has 1 unspecified atom stereocenters. The molecule has 1 aromatic heterocycles. The summed E-state index contributed by atoms with van der Waals surface area (Å²) >= 11 is 0. The molecule has 0 spiro atoms. The number of nitrogens with one attached hydrogen (secondary N) is 1. The highest BCUT2D eigenvalue weighted by Gasteiger charge is 2.41. The third-order valence-corrected chi connectivity index (χ3v) is 5.31. The van der Waals surface area contributed by atoms with E-state index < -0.39 is 15.4 Å². The number of sulfone groups is 1. The number of hydrogen-bond donors (Lipinski definition) is 1. The average Bonchev–Trinajstić information content (AvgIpc) is 2.68. The third-order valence-electron chi connectivity index (χ3n) is 3.42. The topological polar surface area (TPSA) is 71.9 Å². The van der Waals surface area contributed by atoms with Crippen molar-refractivity contribution < 1.29 is 8.42 Å². The minimum atomic E-state index is -3.01. The van der Waals surface area contributed by atoms with Gasteiger partial charge in [0.25, 0.3) is 5.56 Å². The second-order valence-electron chi connectivity index (χ2n) is 5.89. The van der Waals surface area contributed by atoms with E-state index in [0.29, 0.717) is 12.3 Å².